The van der Waals surface area contributed by atoms with E-state index < -0.39 is 0 Å². The summed E-state index contributed by atoms with van der Waals surface area (Å²) < 4.78 is 0. The Balaban J connectivity index is 1.40. The monoisotopic (exact) mass is 393 g/mol. The van der Waals surface area contributed by atoms with Gasteiger partial charge in [-0.25, -0.2) is 4.98 Å². The quantitative estimate of drug-likeness (QED) is 0.673. The number of hydrogen-bond donors (Lipinski definition) is 2. The van der Waals surface area contributed by atoms with Gasteiger partial charge in [0, 0.05) is 38.4 Å². The molecular weight excluding hydrogens is 370 g/mol. The molecule has 28 heavy (non-hydrogen) atoms. The van der Waals surface area contributed by atoms with E-state index in [-0.39, 0.29) is 24.3 Å². The lowest BCUT2D eigenvalue weighted by molar-refractivity contribution is -0.120. The number of aromatic nitrogens is 1. The summed E-state index contributed by atoms with van der Waals surface area (Å²) in [5, 5.41) is 13.3. The second-order valence-electron chi connectivity index (χ2n) is 7.11. The number of anilines is 1. The zero-order chi connectivity index (χ0) is 19.3. The topological polar surface area (TPSA) is 65.5 Å². The van der Waals surface area contributed by atoms with Gasteiger partial charge in [-0.1, -0.05) is 72.0 Å². The Morgan fingerprint density at radius 2 is 1.82 bits per heavy atom. The molecule has 2 aromatic carbocycles. The van der Waals surface area contributed by atoms with Crippen LogP contribution in [0, 0.1) is 11.8 Å². The lowest BCUT2D eigenvalue weighted by atomic mass is 9.96. The molecule has 0 bridgehead atoms. The van der Waals surface area contributed by atoms with Crippen LogP contribution in [-0.4, -0.2) is 40.6 Å². The predicted octanol–water partition coefficient (Wildman–Crippen LogP) is 3.49. The smallest absolute Gasteiger partial charge is 0.230 e. The van der Waals surface area contributed by atoms with Crippen LogP contribution in [0.5, 0.6) is 0 Å². The molecule has 1 aliphatic rings. The van der Waals surface area contributed by atoms with Crippen LogP contribution in [0.25, 0.3) is 10.4 Å². The van der Waals surface area contributed by atoms with Gasteiger partial charge in [0.25, 0.3) is 0 Å². The molecule has 0 radical (unpaired) electrons. The predicted molar refractivity (Wildman–Crippen MR) is 112 cm³/mol. The van der Waals surface area contributed by atoms with Gasteiger partial charge >= 0.3 is 0 Å². The highest BCUT2D eigenvalue weighted by Crippen LogP contribution is 2.30. The molecule has 0 aliphatic carbocycles. The summed E-state index contributed by atoms with van der Waals surface area (Å²) in [6.07, 6.45) is 1.79. The zero-order valence-corrected chi connectivity index (χ0v) is 16.3. The van der Waals surface area contributed by atoms with Crippen LogP contribution in [0.1, 0.15) is 5.56 Å². The van der Waals surface area contributed by atoms with E-state index in [0.29, 0.717) is 11.7 Å². The lowest BCUT2D eigenvalue weighted by Crippen LogP contribution is -2.30. The van der Waals surface area contributed by atoms with Crippen LogP contribution in [0.4, 0.5) is 5.13 Å². The normalized spacial score (nSPS) is 19.6. The van der Waals surface area contributed by atoms with E-state index in [9.17, 15) is 9.90 Å². The number of rotatable bonds is 6. The highest BCUT2D eigenvalue weighted by molar-refractivity contribution is 7.19. The first-order valence-electron chi connectivity index (χ1n) is 9.42. The maximum atomic E-state index is 12.8. The van der Waals surface area contributed by atoms with Gasteiger partial charge in [0.2, 0.25) is 5.91 Å². The van der Waals surface area contributed by atoms with Crippen molar-refractivity contribution in [3.05, 3.63) is 72.4 Å². The van der Waals surface area contributed by atoms with Gasteiger partial charge in [-0.05, 0) is 11.1 Å². The van der Waals surface area contributed by atoms with Crippen LogP contribution in [0.2, 0.25) is 0 Å². The fraction of sp³-hybridized carbons (Fsp3) is 0.273. The average Bonchev–Trinajstić information content (AvgIpc) is 3.36. The molecule has 1 aromatic heterocycles. The van der Waals surface area contributed by atoms with E-state index in [2.05, 4.69) is 27.3 Å². The largest absolute Gasteiger partial charge is 0.396 e. The molecule has 1 aliphatic heterocycles. The van der Waals surface area contributed by atoms with Crippen molar-refractivity contribution in [2.24, 2.45) is 11.8 Å². The van der Waals surface area contributed by atoms with E-state index in [1.165, 1.54) is 16.9 Å². The summed E-state index contributed by atoms with van der Waals surface area (Å²) in [6.45, 7) is 2.16. The molecular formula is C22H23N3O2S. The van der Waals surface area contributed by atoms with Crippen molar-refractivity contribution in [1.29, 1.82) is 0 Å². The molecule has 2 heterocycles. The van der Waals surface area contributed by atoms with E-state index in [1.54, 1.807) is 6.20 Å². The average molecular weight is 394 g/mol. The maximum absolute atomic E-state index is 12.8. The number of hydrogen-bond acceptors (Lipinski definition) is 5. The number of nitrogens with one attached hydrogen (secondary N) is 1. The number of likely N-dealkylation sites (tertiary alicyclic amines) is 1. The third-order valence-electron chi connectivity index (χ3n) is 5.13. The lowest BCUT2D eigenvalue weighted by Gasteiger charge is -2.15. The summed E-state index contributed by atoms with van der Waals surface area (Å²) in [4.78, 5) is 20.5. The molecule has 6 heteroatoms. The van der Waals surface area contributed by atoms with Gasteiger partial charge < -0.3 is 10.4 Å². The first-order valence-corrected chi connectivity index (χ1v) is 10.2. The Kier molecular flexibility index (Phi) is 5.81. The van der Waals surface area contributed by atoms with Gasteiger partial charge in [0.15, 0.2) is 5.13 Å². The van der Waals surface area contributed by atoms with Crippen molar-refractivity contribution >= 4 is 22.4 Å². The SMILES string of the molecule is O=C(Nc1ncc(-c2ccccc2)s1)[C@@H]1CN(Cc2ccccc2)C[C@H]1CO. The van der Waals surface area contributed by atoms with Crippen LogP contribution in [0.3, 0.4) is 0 Å². The van der Waals surface area contributed by atoms with Crippen molar-refractivity contribution in [2.75, 3.05) is 25.0 Å². The van der Waals surface area contributed by atoms with E-state index in [4.69, 9.17) is 0 Å². The standard InChI is InChI=1S/C22H23N3O2S/c26-15-18-13-25(12-16-7-3-1-4-8-16)14-19(18)21(27)24-22-23-11-20(28-22)17-9-5-2-6-10-17/h1-11,18-19,26H,12-15H2,(H,23,24,27)/t18-,19+/m0/s1. The van der Waals surface area contributed by atoms with E-state index in [0.717, 1.165) is 23.5 Å². The highest BCUT2D eigenvalue weighted by Gasteiger charge is 2.37. The molecule has 3 aromatic rings. The summed E-state index contributed by atoms with van der Waals surface area (Å²) in [5.74, 6) is -0.362. The van der Waals surface area contributed by atoms with Crippen molar-refractivity contribution in [1.82, 2.24) is 9.88 Å². The number of nitrogens with zero attached hydrogens (tertiary/aromatic N) is 2. The number of thiazole rings is 1. The highest BCUT2D eigenvalue weighted by atomic mass is 32.1. The summed E-state index contributed by atoms with van der Waals surface area (Å²) in [6, 6.07) is 20.2. The van der Waals surface area contributed by atoms with Crippen LogP contribution in [-0.2, 0) is 11.3 Å². The first kappa shape index (κ1) is 18.8. The third-order valence-corrected chi connectivity index (χ3v) is 6.09. The van der Waals surface area contributed by atoms with Gasteiger partial charge in [-0.2, -0.15) is 0 Å². The second kappa shape index (κ2) is 8.65. The molecule has 1 fully saturated rings. The Bertz CT molecular complexity index is 914. The van der Waals surface area contributed by atoms with Gasteiger partial charge in [-0.15, -0.1) is 0 Å². The van der Waals surface area contributed by atoms with Crippen molar-refractivity contribution in [2.45, 2.75) is 6.54 Å². The van der Waals surface area contributed by atoms with Gasteiger partial charge in [0.1, 0.15) is 0 Å². The van der Waals surface area contributed by atoms with Crippen LogP contribution >= 0.6 is 11.3 Å². The third kappa shape index (κ3) is 4.30. The summed E-state index contributed by atoms with van der Waals surface area (Å²) >= 11 is 1.47. The molecule has 2 N–H and O–H groups in total. The molecule has 5 nitrogen and oxygen atoms in total. The van der Waals surface area contributed by atoms with E-state index >= 15 is 0 Å². The first-order chi connectivity index (χ1) is 13.7. The molecule has 1 amide bonds. The number of carbonyl (C=O) groups is 1. The minimum atomic E-state index is -0.238. The summed E-state index contributed by atoms with van der Waals surface area (Å²) in [7, 11) is 0. The van der Waals surface area contributed by atoms with Crippen molar-refractivity contribution in [3.8, 4) is 10.4 Å². The number of carbonyl (C=O) groups excluding carboxylic acids is 1. The van der Waals surface area contributed by atoms with Gasteiger partial charge in [-0.3, -0.25) is 9.69 Å². The molecule has 1 saturated heterocycles. The minimum Gasteiger partial charge on any atom is -0.396 e. The maximum Gasteiger partial charge on any atom is 0.230 e. The molecule has 144 valence electrons. The molecule has 4 rings (SSSR count). The Hall–Kier alpha value is -2.54. The number of benzene rings is 2. The van der Waals surface area contributed by atoms with E-state index in [1.807, 2.05) is 48.5 Å². The molecule has 0 unspecified atom stereocenters. The molecule has 0 spiro atoms. The van der Waals surface area contributed by atoms with Gasteiger partial charge in [0.05, 0.1) is 10.8 Å². The molecule has 0 saturated carbocycles. The van der Waals surface area contributed by atoms with Crippen molar-refractivity contribution < 1.29 is 9.90 Å². The zero-order valence-electron chi connectivity index (χ0n) is 15.5. The summed E-state index contributed by atoms with van der Waals surface area (Å²) in [5.41, 5.74) is 2.30. The fourth-order valence-electron chi connectivity index (χ4n) is 3.68. The number of aliphatic hydroxyl groups is 1. The Morgan fingerprint density at radius 3 is 2.54 bits per heavy atom. The van der Waals surface area contributed by atoms with Crippen molar-refractivity contribution in [3.63, 3.8) is 0 Å². The van der Waals surface area contributed by atoms with Crippen LogP contribution in [0.15, 0.2) is 66.9 Å². The Labute approximate surface area is 168 Å². The van der Waals surface area contributed by atoms with Crippen LogP contribution < -0.4 is 5.32 Å². The fourth-order valence-corrected chi connectivity index (χ4v) is 4.50. The number of aliphatic hydroxyl groups excluding tert-OH is 1. The Morgan fingerprint density at radius 1 is 1.11 bits per heavy atom. The number of amides is 1. The second-order valence-corrected chi connectivity index (χ2v) is 8.14. The minimum absolute atomic E-state index is 0.0104. The molecule has 2 atom stereocenters.